The van der Waals surface area contributed by atoms with E-state index in [-0.39, 0.29) is 46.3 Å². The summed E-state index contributed by atoms with van der Waals surface area (Å²) in [6, 6.07) is 10.6. The molecule has 1 atom stereocenters. The van der Waals surface area contributed by atoms with Crippen molar-refractivity contribution in [3.05, 3.63) is 71.6 Å². The first-order valence-electron chi connectivity index (χ1n) is 18.5. The van der Waals surface area contributed by atoms with E-state index in [0.29, 0.717) is 38.8 Å². The van der Waals surface area contributed by atoms with Crippen molar-refractivity contribution in [2.75, 3.05) is 20.2 Å². The molecule has 2 amide bonds. The SMILES string of the molecule is COc1ccc(C23CCC(C(NC(=O)C4CCC(OC(=O)N5CC(O)C5)CC4)c4cc(-n5cnc(C(C)(C)C)c5)ccn4)(CC2)CC3)cc1C. The van der Waals surface area contributed by atoms with Gasteiger partial charge in [0.2, 0.25) is 5.91 Å². The van der Waals surface area contributed by atoms with Gasteiger partial charge in [-0.3, -0.25) is 9.78 Å². The molecule has 4 saturated carbocycles. The number of aryl methyl sites for hydroxylation is 1. The number of carbonyl (C=O) groups is 2. The number of nitrogens with one attached hydrogen (secondary N) is 1. The third kappa shape index (κ3) is 6.63. The Morgan fingerprint density at radius 1 is 0.980 bits per heavy atom. The highest BCUT2D eigenvalue weighted by molar-refractivity contribution is 5.79. The molecule has 10 nitrogen and oxygen atoms in total. The topological polar surface area (TPSA) is 119 Å². The van der Waals surface area contributed by atoms with Gasteiger partial charge in [-0.05, 0) is 111 Å². The number of nitrogens with zero attached hydrogens (tertiary/aromatic N) is 4. The number of pyridine rings is 1. The number of aromatic nitrogens is 3. The number of fused-ring (bicyclic) bond motifs is 3. The Morgan fingerprint density at radius 2 is 1.68 bits per heavy atom. The van der Waals surface area contributed by atoms with Crippen LogP contribution in [0, 0.1) is 18.3 Å². The number of rotatable bonds is 8. The minimum Gasteiger partial charge on any atom is -0.496 e. The molecule has 50 heavy (non-hydrogen) atoms. The molecule has 10 heteroatoms. The number of amides is 2. The van der Waals surface area contributed by atoms with Gasteiger partial charge in [0.15, 0.2) is 0 Å². The van der Waals surface area contributed by atoms with Gasteiger partial charge in [0, 0.05) is 29.4 Å². The number of benzene rings is 1. The van der Waals surface area contributed by atoms with Gasteiger partial charge in [0.05, 0.1) is 50.1 Å². The monoisotopic (exact) mass is 683 g/mol. The normalized spacial score (nSPS) is 27.4. The van der Waals surface area contributed by atoms with Crippen LogP contribution in [0.25, 0.3) is 5.69 Å². The van der Waals surface area contributed by atoms with Crippen molar-refractivity contribution < 1.29 is 24.2 Å². The van der Waals surface area contributed by atoms with Gasteiger partial charge < -0.3 is 29.4 Å². The molecule has 268 valence electrons. The number of hydrogen-bond acceptors (Lipinski definition) is 7. The molecular weight excluding hydrogens is 630 g/mol. The van der Waals surface area contributed by atoms with Crippen LogP contribution in [-0.4, -0.2) is 68.9 Å². The quantitative estimate of drug-likeness (QED) is 0.271. The molecule has 3 aromatic rings. The van der Waals surface area contributed by atoms with Crippen molar-refractivity contribution in [3.63, 3.8) is 0 Å². The number of likely N-dealkylation sites (tertiary alicyclic amines) is 1. The zero-order valence-corrected chi connectivity index (χ0v) is 30.3. The first-order chi connectivity index (χ1) is 23.9. The van der Waals surface area contributed by atoms with Gasteiger partial charge in [-0.15, -0.1) is 0 Å². The van der Waals surface area contributed by atoms with Crippen LogP contribution in [0.3, 0.4) is 0 Å². The number of β-amino-alcohol motifs (C(OH)–C–C–N with tert-alkyl or cyclic N) is 1. The summed E-state index contributed by atoms with van der Waals surface area (Å²) in [5.74, 6) is 0.850. The Bertz CT molecular complexity index is 1690. The molecule has 0 spiro atoms. The summed E-state index contributed by atoms with van der Waals surface area (Å²) in [6.07, 6.45) is 13.7. The lowest BCUT2D eigenvalue weighted by Crippen LogP contribution is -2.54. The van der Waals surface area contributed by atoms with Gasteiger partial charge in [-0.1, -0.05) is 32.9 Å². The number of imidazole rings is 1. The summed E-state index contributed by atoms with van der Waals surface area (Å²) in [5, 5.41) is 13.1. The number of methoxy groups -OCH3 is 1. The molecule has 2 N–H and O–H groups in total. The van der Waals surface area contributed by atoms with Gasteiger partial charge >= 0.3 is 6.09 Å². The lowest BCUT2D eigenvalue weighted by Gasteiger charge is -2.56. The van der Waals surface area contributed by atoms with E-state index in [4.69, 9.17) is 19.4 Å². The van der Waals surface area contributed by atoms with Gasteiger partial charge in [-0.25, -0.2) is 9.78 Å². The van der Waals surface area contributed by atoms with Gasteiger partial charge in [0.25, 0.3) is 0 Å². The lowest BCUT2D eigenvalue weighted by molar-refractivity contribution is -0.129. The van der Waals surface area contributed by atoms with Crippen molar-refractivity contribution in [1.82, 2.24) is 24.8 Å². The standard InChI is InChI=1S/C40H53N5O5/c1-26-20-28(8-11-33(26)49-5)39-13-16-40(17-14-39,18-15-39)35(32-21-29(12-19-41-32)45-24-34(42-25-45)38(2,3)4)43-36(47)27-6-9-31(10-7-27)50-37(48)44-22-30(46)23-44/h8,11-12,19-21,24-25,27,30-31,35,46H,6-7,9-10,13-18,22-23H2,1-5H3,(H,43,47). The summed E-state index contributed by atoms with van der Waals surface area (Å²) in [5.41, 5.74) is 5.47. The predicted octanol–water partition coefficient (Wildman–Crippen LogP) is 6.70. The minimum absolute atomic E-state index is 0.0651. The van der Waals surface area contributed by atoms with Gasteiger partial charge in [-0.2, -0.15) is 0 Å². The van der Waals surface area contributed by atoms with E-state index >= 15 is 0 Å². The minimum atomic E-state index is -0.457. The second-order valence-electron chi connectivity index (χ2n) is 16.5. The number of carbonyl (C=O) groups excluding carboxylic acids is 2. The molecule has 1 saturated heterocycles. The van der Waals surface area contributed by atoms with Crippen molar-refractivity contribution in [2.45, 2.75) is 121 Å². The average molecular weight is 684 g/mol. The summed E-state index contributed by atoms with van der Waals surface area (Å²) in [7, 11) is 1.73. The third-order valence-electron chi connectivity index (χ3n) is 12.4. The largest absolute Gasteiger partial charge is 0.496 e. The summed E-state index contributed by atoms with van der Waals surface area (Å²) < 4.78 is 13.3. The lowest BCUT2D eigenvalue weighted by atomic mass is 9.49. The summed E-state index contributed by atoms with van der Waals surface area (Å²) in [4.78, 5) is 37.8. The van der Waals surface area contributed by atoms with Gasteiger partial charge in [0.1, 0.15) is 11.9 Å². The highest BCUT2D eigenvalue weighted by atomic mass is 16.6. The Labute approximate surface area is 296 Å². The van der Waals surface area contributed by atoms with Crippen LogP contribution in [-0.2, 0) is 20.4 Å². The number of hydrogen-bond donors (Lipinski definition) is 2. The van der Waals surface area contributed by atoms with Crippen molar-refractivity contribution >= 4 is 12.0 Å². The first kappa shape index (κ1) is 34.5. The molecule has 5 aliphatic rings. The number of ether oxygens (including phenoxy) is 2. The van der Waals surface area contributed by atoms with E-state index in [1.54, 1.807) is 7.11 Å². The fourth-order valence-corrected chi connectivity index (χ4v) is 8.96. The van der Waals surface area contributed by atoms with Crippen LogP contribution in [0.15, 0.2) is 49.1 Å². The van der Waals surface area contributed by atoms with Crippen molar-refractivity contribution in [3.8, 4) is 11.4 Å². The first-order valence-corrected chi connectivity index (χ1v) is 18.5. The number of aliphatic hydroxyl groups excluding tert-OH is 1. The highest BCUT2D eigenvalue weighted by Gasteiger charge is 2.54. The molecule has 2 bridgehead atoms. The molecule has 1 aliphatic heterocycles. The molecule has 0 radical (unpaired) electrons. The fourth-order valence-electron chi connectivity index (χ4n) is 8.96. The summed E-state index contributed by atoms with van der Waals surface area (Å²) >= 11 is 0. The van der Waals surface area contributed by atoms with Crippen LogP contribution in [0.4, 0.5) is 4.79 Å². The van der Waals surface area contributed by atoms with Crippen molar-refractivity contribution in [2.24, 2.45) is 11.3 Å². The Hall–Kier alpha value is -3.92. The molecule has 5 fully saturated rings. The zero-order valence-electron chi connectivity index (χ0n) is 30.3. The predicted molar refractivity (Wildman–Crippen MR) is 190 cm³/mol. The molecular formula is C40H53N5O5. The van der Waals surface area contributed by atoms with Crippen molar-refractivity contribution in [1.29, 1.82) is 0 Å². The van der Waals surface area contributed by atoms with Crippen LogP contribution in [0.2, 0.25) is 0 Å². The Balaban J connectivity index is 1.11. The Kier molecular flexibility index (Phi) is 9.20. The second-order valence-corrected chi connectivity index (χ2v) is 16.5. The Morgan fingerprint density at radius 3 is 2.28 bits per heavy atom. The van der Waals surface area contributed by atoms with E-state index in [0.717, 1.165) is 61.3 Å². The zero-order chi connectivity index (χ0) is 35.3. The van der Waals surface area contributed by atoms with E-state index in [2.05, 4.69) is 68.0 Å². The summed E-state index contributed by atoms with van der Waals surface area (Å²) in [6.45, 7) is 9.27. The molecule has 4 aliphatic carbocycles. The smallest absolute Gasteiger partial charge is 0.410 e. The molecule has 1 unspecified atom stereocenters. The second kappa shape index (κ2) is 13.3. The fraction of sp³-hybridized carbons (Fsp3) is 0.600. The maximum atomic E-state index is 14.2. The maximum absolute atomic E-state index is 14.2. The maximum Gasteiger partial charge on any atom is 0.410 e. The van der Waals surface area contributed by atoms with Crippen LogP contribution in [0.5, 0.6) is 5.75 Å². The van der Waals surface area contributed by atoms with E-state index in [9.17, 15) is 14.7 Å². The average Bonchev–Trinajstić information content (AvgIpc) is 3.62. The van der Waals surface area contributed by atoms with Crippen LogP contribution in [0.1, 0.15) is 114 Å². The van der Waals surface area contributed by atoms with Crippen LogP contribution < -0.4 is 10.1 Å². The third-order valence-corrected chi connectivity index (χ3v) is 12.4. The van der Waals surface area contributed by atoms with E-state index in [1.165, 1.54) is 16.0 Å². The molecule has 2 aromatic heterocycles. The van der Waals surface area contributed by atoms with E-state index < -0.39 is 6.10 Å². The molecule has 1 aromatic carbocycles. The molecule has 8 rings (SSSR count). The van der Waals surface area contributed by atoms with Crippen LogP contribution >= 0.6 is 0 Å². The highest BCUT2D eigenvalue weighted by Crippen LogP contribution is 2.62. The van der Waals surface area contributed by atoms with E-state index in [1.807, 2.05) is 18.6 Å². The molecule has 3 heterocycles. The number of aliphatic hydroxyl groups is 1.